The van der Waals surface area contributed by atoms with Gasteiger partial charge in [0, 0.05) is 18.8 Å². The molecule has 2 aromatic rings. The first-order valence-electron chi connectivity index (χ1n) is 10.6. The fraction of sp³-hybridized carbons (Fsp3) is 0.400. The van der Waals surface area contributed by atoms with Gasteiger partial charge in [-0.25, -0.2) is 8.42 Å². The summed E-state index contributed by atoms with van der Waals surface area (Å²) in [4.78, 5) is 11.9. The topological polar surface area (TPSA) is 69.7 Å². The second-order valence-electron chi connectivity index (χ2n) is 9.45. The highest BCUT2D eigenvalue weighted by atomic mass is 32.2. The molecule has 0 bridgehead atoms. The quantitative estimate of drug-likeness (QED) is 0.283. The van der Waals surface area contributed by atoms with Crippen molar-refractivity contribution >= 4 is 35.3 Å². The van der Waals surface area contributed by atoms with Crippen LogP contribution in [0.25, 0.3) is 11.1 Å². The number of hydrogen-bond donors (Lipinski definition) is 0. The van der Waals surface area contributed by atoms with Crippen LogP contribution in [0.15, 0.2) is 59.5 Å². The number of carbonyl (C=O) groups excluding carboxylic acids is 1. The fourth-order valence-corrected chi connectivity index (χ4v) is 4.44. The maximum absolute atomic E-state index is 11.9. The number of benzene rings is 2. The molecule has 32 heavy (non-hydrogen) atoms. The normalized spacial score (nSPS) is 13.5. The summed E-state index contributed by atoms with van der Waals surface area (Å²) in [5.41, 5.74) is 3.48. The van der Waals surface area contributed by atoms with Crippen LogP contribution < -0.4 is 0 Å². The maximum atomic E-state index is 11.9. The van der Waals surface area contributed by atoms with E-state index >= 15 is 0 Å². The monoisotopic (exact) mass is 474 g/mol. The van der Waals surface area contributed by atoms with Crippen LogP contribution in [0.5, 0.6) is 0 Å². The number of carbonyl (C=O) groups is 1. The minimum atomic E-state index is -3.31. The summed E-state index contributed by atoms with van der Waals surface area (Å²) in [6, 6.07) is 16.5. The number of esters is 1. The lowest BCUT2D eigenvalue weighted by Crippen LogP contribution is -2.41. The smallest absolute Gasteiger partial charge is 0.302 e. The lowest BCUT2D eigenvalue weighted by Gasteiger charge is -2.36. The van der Waals surface area contributed by atoms with Gasteiger partial charge in [0.05, 0.1) is 11.5 Å². The molecule has 0 atom stereocenters. The van der Waals surface area contributed by atoms with Crippen molar-refractivity contribution in [3.63, 3.8) is 0 Å². The molecule has 0 aliphatic rings. The first-order chi connectivity index (χ1) is 14.7. The fourth-order valence-electron chi connectivity index (χ4n) is 2.87. The van der Waals surface area contributed by atoms with Gasteiger partial charge in [-0.3, -0.25) is 4.79 Å². The third-order valence-corrected chi connectivity index (χ3v) is 11.5. The predicted molar refractivity (Wildman–Crippen MR) is 133 cm³/mol. The average molecular weight is 475 g/mol. The van der Waals surface area contributed by atoms with Crippen LogP contribution >= 0.6 is 0 Å². The second-order valence-corrected chi connectivity index (χ2v) is 16.3. The van der Waals surface area contributed by atoms with Crippen LogP contribution in [-0.2, 0) is 23.8 Å². The zero-order chi connectivity index (χ0) is 24.2. The summed E-state index contributed by atoms with van der Waals surface area (Å²) in [5.74, 6) is -0.381. The Morgan fingerprint density at radius 1 is 0.875 bits per heavy atom. The molecule has 0 heterocycles. The molecule has 174 valence electrons. The number of rotatable bonds is 8. The summed E-state index contributed by atoms with van der Waals surface area (Å²) in [7, 11) is -5.36. The third-order valence-electron chi connectivity index (χ3n) is 5.92. The average Bonchev–Trinajstić information content (AvgIpc) is 2.69. The largest absolute Gasteiger partial charge is 0.461 e. The Morgan fingerprint density at radius 3 is 1.84 bits per heavy atom. The summed E-state index contributed by atoms with van der Waals surface area (Å²) in [6.07, 6.45) is 1.18. The first-order valence-corrected chi connectivity index (χ1v) is 15.4. The van der Waals surface area contributed by atoms with E-state index in [0.717, 1.165) is 22.3 Å². The standard InChI is InChI=1S/C25H34O5SSi/c1-19(26)29-17-23(21-13-15-22(16-14-21)31(5,27)28)24(20-11-9-8-10-12-20)18-30-32(6,7)25(2,3)4/h8-16H,17-18H2,1-7H3/b24-23-. The molecule has 0 N–H and O–H groups in total. The first kappa shape index (κ1) is 26.0. The van der Waals surface area contributed by atoms with E-state index in [-0.39, 0.29) is 22.5 Å². The van der Waals surface area contributed by atoms with Gasteiger partial charge in [0.15, 0.2) is 18.2 Å². The van der Waals surface area contributed by atoms with Gasteiger partial charge >= 0.3 is 5.97 Å². The van der Waals surface area contributed by atoms with Crippen molar-refractivity contribution in [1.29, 1.82) is 0 Å². The SMILES string of the molecule is CC(=O)OC/C(=C(\CO[Si](C)(C)C(C)(C)C)c1ccccc1)c1ccc(S(C)(=O)=O)cc1. The molecule has 0 saturated carbocycles. The highest BCUT2D eigenvalue weighted by Crippen LogP contribution is 2.38. The minimum absolute atomic E-state index is 0.0436. The molecule has 0 amide bonds. The molecule has 0 aliphatic heterocycles. The second kappa shape index (κ2) is 10.1. The molecule has 5 nitrogen and oxygen atoms in total. The van der Waals surface area contributed by atoms with Crippen molar-refractivity contribution in [3.05, 3.63) is 65.7 Å². The van der Waals surface area contributed by atoms with Crippen LogP contribution in [0.3, 0.4) is 0 Å². The maximum Gasteiger partial charge on any atom is 0.302 e. The Bertz CT molecular complexity index is 1060. The van der Waals surface area contributed by atoms with E-state index in [2.05, 4.69) is 33.9 Å². The van der Waals surface area contributed by atoms with E-state index in [9.17, 15) is 13.2 Å². The molecule has 0 spiro atoms. The number of hydrogen-bond acceptors (Lipinski definition) is 5. The Morgan fingerprint density at radius 2 is 1.38 bits per heavy atom. The van der Waals surface area contributed by atoms with Gasteiger partial charge in [0.2, 0.25) is 0 Å². The minimum Gasteiger partial charge on any atom is -0.461 e. The molecule has 0 fully saturated rings. The zero-order valence-corrected chi connectivity index (χ0v) is 21.9. The van der Waals surface area contributed by atoms with E-state index in [1.807, 2.05) is 30.3 Å². The van der Waals surface area contributed by atoms with E-state index in [4.69, 9.17) is 9.16 Å². The lowest BCUT2D eigenvalue weighted by molar-refractivity contribution is -0.139. The van der Waals surface area contributed by atoms with E-state index in [1.165, 1.54) is 13.2 Å². The van der Waals surface area contributed by atoms with E-state index in [1.54, 1.807) is 24.3 Å². The summed E-state index contributed by atoms with van der Waals surface area (Å²) in [5, 5.41) is 0.0436. The molecular formula is C25H34O5SSi. The van der Waals surface area contributed by atoms with Crippen molar-refractivity contribution in [2.45, 2.75) is 50.7 Å². The van der Waals surface area contributed by atoms with Gasteiger partial charge in [-0.2, -0.15) is 0 Å². The molecule has 0 radical (unpaired) electrons. The van der Waals surface area contributed by atoms with E-state index < -0.39 is 18.2 Å². The van der Waals surface area contributed by atoms with Crippen molar-refractivity contribution < 1.29 is 22.4 Å². The zero-order valence-electron chi connectivity index (χ0n) is 20.1. The van der Waals surface area contributed by atoms with Crippen LogP contribution in [0, 0.1) is 0 Å². The van der Waals surface area contributed by atoms with Crippen molar-refractivity contribution in [3.8, 4) is 0 Å². The van der Waals surface area contributed by atoms with Crippen molar-refractivity contribution in [2.24, 2.45) is 0 Å². The molecule has 0 aromatic heterocycles. The predicted octanol–water partition coefficient (Wildman–Crippen LogP) is 5.59. The van der Waals surface area contributed by atoms with Crippen LogP contribution in [0.1, 0.15) is 38.8 Å². The lowest BCUT2D eigenvalue weighted by atomic mass is 9.95. The van der Waals surface area contributed by atoms with Crippen molar-refractivity contribution in [2.75, 3.05) is 19.5 Å². The molecule has 0 aliphatic carbocycles. The molecule has 7 heteroatoms. The molecule has 0 saturated heterocycles. The highest BCUT2D eigenvalue weighted by molar-refractivity contribution is 7.90. The Balaban J connectivity index is 2.63. The van der Waals surface area contributed by atoms with Gasteiger partial charge in [-0.15, -0.1) is 0 Å². The Hall–Kier alpha value is -2.22. The third kappa shape index (κ3) is 6.89. The van der Waals surface area contributed by atoms with Gasteiger partial charge in [0.25, 0.3) is 0 Å². The molecule has 2 aromatic carbocycles. The van der Waals surface area contributed by atoms with Gasteiger partial charge in [-0.1, -0.05) is 63.2 Å². The van der Waals surface area contributed by atoms with E-state index in [0.29, 0.717) is 6.61 Å². The van der Waals surface area contributed by atoms with Crippen LogP contribution in [0.2, 0.25) is 18.1 Å². The van der Waals surface area contributed by atoms with Crippen LogP contribution in [-0.4, -0.2) is 42.2 Å². The number of sulfone groups is 1. The highest BCUT2D eigenvalue weighted by Gasteiger charge is 2.37. The van der Waals surface area contributed by atoms with Gasteiger partial charge in [0.1, 0.15) is 6.61 Å². The Labute approximate surface area is 193 Å². The molecular weight excluding hydrogens is 440 g/mol. The summed E-state index contributed by atoms with van der Waals surface area (Å²) in [6.45, 7) is 12.8. The molecule has 2 rings (SSSR count). The van der Waals surface area contributed by atoms with Gasteiger partial charge in [-0.05, 0) is 47.0 Å². The summed E-state index contributed by atoms with van der Waals surface area (Å²) < 4.78 is 35.7. The summed E-state index contributed by atoms with van der Waals surface area (Å²) >= 11 is 0. The number of ether oxygens (including phenoxy) is 1. The van der Waals surface area contributed by atoms with Crippen LogP contribution in [0.4, 0.5) is 0 Å². The molecule has 0 unspecified atom stereocenters. The Kier molecular flexibility index (Phi) is 8.25. The van der Waals surface area contributed by atoms with Crippen molar-refractivity contribution in [1.82, 2.24) is 0 Å². The van der Waals surface area contributed by atoms with Gasteiger partial charge < -0.3 is 9.16 Å².